The molecule has 2 saturated heterocycles. The van der Waals surface area contributed by atoms with Gasteiger partial charge in [-0.3, -0.25) is 0 Å². The van der Waals surface area contributed by atoms with Gasteiger partial charge >= 0.3 is 0 Å². The van der Waals surface area contributed by atoms with E-state index in [-0.39, 0.29) is 10.7 Å². The first-order chi connectivity index (χ1) is 13.5. The van der Waals surface area contributed by atoms with E-state index >= 15 is 4.39 Å². The highest BCUT2D eigenvalue weighted by Crippen LogP contribution is 2.48. The molecule has 2 fully saturated rings. The van der Waals surface area contributed by atoms with E-state index in [0.717, 1.165) is 48.5 Å². The minimum Gasteiger partial charge on any atom is -0.347 e. The Kier molecular flexibility index (Phi) is 4.49. The zero-order valence-corrected chi connectivity index (χ0v) is 18.0. The zero-order chi connectivity index (χ0) is 19.6. The molecule has 0 amide bonds. The van der Waals surface area contributed by atoms with Crippen molar-refractivity contribution in [1.29, 1.82) is 0 Å². The van der Waals surface area contributed by atoms with Crippen LogP contribution in [0.4, 0.5) is 10.2 Å². The quantitative estimate of drug-likeness (QED) is 0.455. The highest BCUT2D eigenvalue weighted by Gasteiger charge is 2.54. The molecule has 3 aliphatic rings. The van der Waals surface area contributed by atoms with E-state index in [0.29, 0.717) is 28.7 Å². The molecule has 28 heavy (non-hydrogen) atoms. The topological polar surface area (TPSA) is 53.9 Å². The van der Waals surface area contributed by atoms with E-state index in [1.165, 1.54) is 18.2 Å². The normalized spacial score (nSPS) is 31.2. The molecule has 3 aliphatic heterocycles. The first-order valence-corrected chi connectivity index (χ1v) is 11.6. The number of aromatic nitrogens is 3. The van der Waals surface area contributed by atoms with Gasteiger partial charge in [0.25, 0.3) is 0 Å². The third-order valence-corrected chi connectivity index (χ3v) is 7.98. The van der Waals surface area contributed by atoms with Gasteiger partial charge in [-0.2, -0.15) is 0 Å². The van der Waals surface area contributed by atoms with Gasteiger partial charge in [-0.05, 0) is 37.9 Å². The van der Waals surface area contributed by atoms with Crippen LogP contribution in [0.2, 0.25) is 5.15 Å². The van der Waals surface area contributed by atoms with Crippen LogP contribution in [0.15, 0.2) is 5.16 Å². The van der Waals surface area contributed by atoms with Gasteiger partial charge in [0.1, 0.15) is 11.3 Å². The molecule has 0 radical (unpaired) electrons. The van der Waals surface area contributed by atoms with Gasteiger partial charge in [-0.15, -0.1) is 0 Å². The van der Waals surface area contributed by atoms with Gasteiger partial charge in [0.15, 0.2) is 16.1 Å². The monoisotopic (exact) mass is 421 g/mol. The summed E-state index contributed by atoms with van der Waals surface area (Å²) in [6.07, 6.45) is 4.13. The van der Waals surface area contributed by atoms with Crippen LogP contribution in [0.5, 0.6) is 0 Å². The van der Waals surface area contributed by atoms with Crippen molar-refractivity contribution in [1.82, 2.24) is 20.3 Å². The number of nitrogens with one attached hydrogen (secondary N) is 1. The van der Waals surface area contributed by atoms with E-state index in [2.05, 4.69) is 41.0 Å². The first kappa shape index (κ1) is 18.8. The molecule has 0 saturated carbocycles. The summed E-state index contributed by atoms with van der Waals surface area (Å²) in [5, 5.41) is 5.12. The average Bonchev–Trinajstić information content (AvgIpc) is 3.07. The number of hydrogen-bond acceptors (Lipinski definition) is 6. The SMILES string of the molecule is CCSc1nc2c3c(nc(Cl)c(F)c3n1)C[C@@H](CC)[C@@]1(C)[C@@H]3CC[C@H](CN21)N3. The third-order valence-electron chi connectivity index (χ3n) is 7.00. The number of thioether (sulfide) groups is 1. The molecular formula is C20H25ClFN5S. The Hall–Kier alpha value is -1.18. The van der Waals surface area contributed by atoms with Crippen LogP contribution >= 0.6 is 23.4 Å². The third kappa shape index (κ3) is 2.52. The van der Waals surface area contributed by atoms with Gasteiger partial charge in [-0.25, -0.2) is 19.3 Å². The van der Waals surface area contributed by atoms with E-state index < -0.39 is 5.82 Å². The van der Waals surface area contributed by atoms with Crippen molar-refractivity contribution in [2.45, 2.75) is 69.2 Å². The molecule has 0 aliphatic carbocycles. The predicted octanol–water partition coefficient (Wildman–Crippen LogP) is 4.21. The number of fused-ring (bicyclic) bond motifs is 5. The van der Waals surface area contributed by atoms with Crippen LogP contribution in [0.25, 0.3) is 10.9 Å². The summed E-state index contributed by atoms with van der Waals surface area (Å²) >= 11 is 7.73. The lowest BCUT2D eigenvalue weighted by Crippen LogP contribution is -2.68. The Morgan fingerprint density at radius 2 is 2.11 bits per heavy atom. The first-order valence-electron chi connectivity index (χ1n) is 10.2. The van der Waals surface area contributed by atoms with Crippen LogP contribution in [0, 0.1) is 11.7 Å². The summed E-state index contributed by atoms with van der Waals surface area (Å²) in [6.45, 7) is 7.53. The molecule has 1 N–H and O–H groups in total. The van der Waals surface area contributed by atoms with Crippen molar-refractivity contribution in [3.63, 3.8) is 0 Å². The van der Waals surface area contributed by atoms with E-state index in [9.17, 15) is 0 Å². The number of pyridine rings is 1. The minimum atomic E-state index is -0.531. The highest BCUT2D eigenvalue weighted by atomic mass is 35.5. The summed E-state index contributed by atoms with van der Waals surface area (Å²) in [5.41, 5.74) is 1.06. The number of halogens is 2. The maximum atomic E-state index is 15.0. The molecule has 0 spiro atoms. The average molecular weight is 422 g/mol. The molecule has 2 aromatic heterocycles. The van der Waals surface area contributed by atoms with Crippen molar-refractivity contribution < 1.29 is 4.39 Å². The van der Waals surface area contributed by atoms with Crippen LogP contribution < -0.4 is 10.2 Å². The maximum absolute atomic E-state index is 15.0. The molecule has 0 aromatic carbocycles. The van der Waals surface area contributed by atoms with Gasteiger partial charge in [0, 0.05) is 18.6 Å². The number of hydrogen-bond donors (Lipinski definition) is 1. The molecular weight excluding hydrogens is 397 g/mol. The Labute approximate surface area is 173 Å². The second-order valence-electron chi connectivity index (χ2n) is 8.29. The fourth-order valence-corrected chi connectivity index (χ4v) is 6.31. The fourth-order valence-electron chi connectivity index (χ4n) is 5.56. The molecule has 150 valence electrons. The highest BCUT2D eigenvalue weighted by molar-refractivity contribution is 7.99. The van der Waals surface area contributed by atoms with Gasteiger partial charge in [-0.1, -0.05) is 43.6 Å². The molecule has 2 bridgehead atoms. The predicted molar refractivity (Wildman–Crippen MR) is 112 cm³/mol. The van der Waals surface area contributed by atoms with E-state index in [1.54, 1.807) is 0 Å². The van der Waals surface area contributed by atoms with Crippen molar-refractivity contribution >= 4 is 40.1 Å². The maximum Gasteiger partial charge on any atom is 0.190 e. The van der Waals surface area contributed by atoms with E-state index in [1.807, 2.05) is 0 Å². The summed E-state index contributed by atoms with van der Waals surface area (Å²) in [6, 6.07) is 0.854. The lowest BCUT2D eigenvalue weighted by molar-refractivity contribution is 0.179. The second kappa shape index (κ2) is 6.67. The summed E-state index contributed by atoms with van der Waals surface area (Å²) in [7, 11) is 0. The van der Waals surface area contributed by atoms with E-state index in [4.69, 9.17) is 16.6 Å². The van der Waals surface area contributed by atoms with Crippen LogP contribution in [-0.4, -0.2) is 44.9 Å². The Bertz CT molecular complexity index is 956. The molecule has 4 atom stereocenters. The van der Waals surface area contributed by atoms with Crippen LogP contribution in [-0.2, 0) is 6.42 Å². The van der Waals surface area contributed by atoms with Gasteiger partial charge < -0.3 is 10.2 Å². The van der Waals surface area contributed by atoms with Crippen LogP contribution in [0.3, 0.4) is 0 Å². The summed E-state index contributed by atoms with van der Waals surface area (Å²) < 4.78 is 15.0. The number of piperazine rings is 1. The van der Waals surface area contributed by atoms with Crippen molar-refractivity contribution in [3.8, 4) is 0 Å². The number of rotatable bonds is 3. The van der Waals surface area contributed by atoms with Crippen LogP contribution in [0.1, 0.15) is 45.7 Å². The molecule has 5 rings (SSSR count). The van der Waals surface area contributed by atoms with Gasteiger partial charge in [0.2, 0.25) is 0 Å². The molecule has 0 unspecified atom stereocenters. The van der Waals surface area contributed by atoms with Crippen molar-refractivity contribution in [3.05, 3.63) is 16.7 Å². The zero-order valence-electron chi connectivity index (χ0n) is 16.4. The Morgan fingerprint density at radius 3 is 2.86 bits per heavy atom. The van der Waals surface area contributed by atoms with Crippen molar-refractivity contribution in [2.24, 2.45) is 5.92 Å². The van der Waals surface area contributed by atoms with Gasteiger partial charge in [0.05, 0.1) is 16.6 Å². The molecule has 5 nitrogen and oxygen atoms in total. The Balaban J connectivity index is 1.83. The lowest BCUT2D eigenvalue weighted by Gasteiger charge is -2.53. The van der Waals surface area contributed by atoms with Crippen molar-refractivity contribution in [2.75, 3.05) is 17.2 Å². The second-order valence-corrected chi connectivity index (χ2v) is 9.88. The standard InChI is InChI=1S/C20H25ClFN5S/c1-4-10-8-12-14-16(15(22)17(21)24-12)25-19(28-5-2)26-18(14)27-9-11-6-7-13(23-11)20(10,27)3/h10-11,13,23H,4-9H2,1-3H3/t10-,11-,13+,20+/m1/s1. The largest absolute Gasteiger partial charge is 0.347 e. The molecule has 2 aromatic rings. The smallest absolute Gasteiger partial charge is 0.190 e. The fraction of sp³-hybridized carbons (Fsp3) is 0.650. The number of anilines is 1. The molecule has 5 heterocycles. The number of nitrogens with zero attached hydrogens (tertiary/aromatic N) is 4. The summed E-state index contributed by atoms with van der Waals surface area (Å²) in [5.74, 6) is 1.52. The minimum absolute atomic E-state index is 0.0841. The Morgan fingerprint density at radius 1 is 1.29 bits per heavy atom. The lowest BCUT2D eigenvalue weighted by atomic mass is 9.74. The summed E-state index contributed by atoms with van der Waals surface area (Å²) in [4.78, 5) is 16.4. The molecule has 8 heteroatoms.